The fourth-order valence-electron chi connectivity index (χ4n) is 1.83. The molecule has 0 spiro atoms. The van der Waals surface area contributed by atoms with E-state index in [-0.39, 0.29) is 5.69 Å². The third-order valence-corrected chi connectivity index (χ3v) is 3.16. The number of imidazole rings is 1. The second-order valence-corrected chi connectivity index (χ2v) is 4.57. The minimum Gasteiger partial charge on any atom is -0.476 e. The second-order valence-electron chi connectivity index (χ2n) is 4.13. The molecule has 4 nitrogen and oxygen atoms in total. The average Bonchev–Trinajstić information content (AvgIpc) is 2.58. The molecule has 1 aromatic carbocycles. The predicted molar refractivity (Wildman–Crippen MR) is 69.2 cm³/mol. The molecule has 0 amide bonds. The van der Waals surface area contributed by atoms with Gasteiger partial charge in [-0.1, -0.05) is 23.7 Å². The first-order valence-corrected chi connectivity index (χ1v) is 5.86. The minimum absolute atomic E-state index is 0.106. The van der Waals surface area contributed by atoms with Crippen molar-refractivity contribution in [1.82, 2.24) is 9.55 Å². The fourth-order valence-corrected chi connectivity index (χ4v) is 2.04. The number of hydrogen-bond acceptors (Lipinski definition) is 2. The van der Waals surface area contributed by atoms with Gasteiger partial charge >= 0.3 is 5.97 Å². The Balaban J connectivity index is 2.35. The Morgan fingerprint density at radius 2 is 2.22 bits per heavy atom. The van der Waals surface area contributed by atoms with E-state index < -0.39 is 5.97 Å². The van der Waals surface area contributed by atoms with Gasteiger partial charge in [-0.2, -0.15) is 0 Å². The van der Waals surface area contributed by atoms with Crippen LogP contribution in [0.4, 0.5) is 0 Å². The van der Waals surface area contributed by atoms with Crippen LogP contribution in [0.15, 0.2) is 24.3 Å². The lowest BCUT2D eigenvalue weighted by atomic mass is 10.1. The molecular formula is C13H13ClN2O2. The van der Waals surface area contributed by atoms with Crippen LogP contribution in [0, 0.1) is 6.92 Å². The van der Waals surface area contributed by atoms with Gasteiger partial charge in [0.25, 0.3) is 0 Å². The molecule has 1 heterocycles. The van der Waals surface area contributed by atoms with Crippen LogP contribution in [0.5, 0.6) is 0 Å². The van der Waals surface area contributed by atoms with E-state index in [4.69, 9.17) is 16.7 Å². The monoisotopic (exact) mass is 264 g/mol. The zero-order valence-corrected chi connectivity index (χ0v) is 10.9. The van der Waals surface area contributed by atoms with Gasteiger partial charge in [0.2, 0.25) is 0 Å². The van der Waals surface area contributed by atoms with Crippen LogP contribution in [0.1, 0.15) is 27.6 Å². The summed E-state index contributed by atoms with van der Waals surface area (Å²) in [4.78, 5) is 15.2. The summed E-state index contributed by atoms with van der Waals surface area (Å²) in [7, 11) is 1.81. The molecule has 1 N–H and O–H groups in total. The summed E-state index contributed by atoms with van der Waals surface area (Å²) >= 11 is 5.92. The Bertz CT molecular complexity index is 605. The van der Waals surface area contributed by atoms with Crippen LogP contribution in [-0.4, -0.2) is 20.6 Å². The highest BCUT2D eigenvalue weighted by Gasteiger charge is 2.16. The number of benzene rings is 1. The molecule has 0 unspecified atom stereocenters. The van der Waals surface area contributed by atoms with Crippen molar-refractivity contribution >= 4 is 17.6 Å². The van der Waals surface area contributed by atoms with Gasteiger partial charge in [0.05, 0.1) is 0 Å². The summed E-state index contributed by atoms with van der Waals surface area (Å²) in [5, 5.41) is 9.68. The van der Waals surface area contributed by atoms with Gasteiger partial charge in [0.1, 0.15) is 5.82 Å². The fraction of sp³-hybridized carbons (Fsp3) is 0.231. The largest absolute Gasteiger partial charge is 0.476 e. The van der Waals surface area contributed by atoms with Gasteiger partial charge < -0.3 is 9.67 Å². The van der Waals surface area contributed by atoms with E-state index in [1.807, 2.05) is 25.2 Å². The highest BCUT2D eigenvalue weighted by atomic mass is 35.5. The average molecular weight is 265 g/mol. The van der Waals surface area contributed by atoms with E-state index in [1.54, 1.807) is 17.6 Å². The van der Waals surface area contributed by atoms with Crippen LogP contribution < -0.4 is 0 Å². The van der Waals surface area contributed by atoms with Crippen molar-refractivity contribution in [3.05, 3.63) is 52.1 Å². The van der Waals surface area contributed by atoms with Crippen molar-refractivity contribution in [1.29, 1.82) is 0 Å². The van der Waals surface area contributed by atoms with Gasteiger partial charge in [-0.05, 0) is 24.6 Å². The topological polar surface area (TPSA) is 55.1 Å². The van der Waals surface area contributed by atoms with E-state index in [9.17, 15) is 4.79 Å². The van der Waals surface area contributed by atoms with Crippen molar-refractivity contribution < 1.29 is 9.90 Å². The molecule has 94 valence electrons. The van der Waals surface area contributed by atoms with Crippen molar-refractivity contribution in [3.63, 3.8) is 0 Å². The normalized spacial score (nSPS) is 10.6. The van der Waals surface area contributed by atoms with Gasteiger partial charge in [-0.25, -0.2) is 9.78 Å². The number of aromatic carboxylic acids is 1. The van der Waals surface area contributed by atoms with Crippen LogP contribution in [0.3, 0.4) is 0 Å². The van der Waals surface area contributed by atoms with Crippen molar-refractivity contribution in [3.8, 4) is 0 Å². The highest BCUT2D eigenvalue weighted by Crippen LogP contribution is 2.16. The molecule has 0 saturated carbocycles. The van der Waals surface area contributed by atoms with E-state index in [0.717, 1.165) is 5.56 Å². The SMILES string of the molecule is Cc1c(C(=O)O)nc(Cc2cccc(Cl)c2)n1C. The molecular weight excluding hydrogens is 252 g/mol. The maximum atomic E-state index is 11.0. The van der Waals surface area contributed by atoms with Crippen molar-refractivity contribution in [2.24, 2.45) is 7.05 Å². The van der Waals surface area contributed by atoms with E-state index >= 15 is 0 Å². The highest BCUT2D eigenvalue weighted by molar-refractivity contribution is 6.30. The predicted octanol–water partition coefficient (Wildman–Crippen LogP) is 2.67. The van der Waals surface area contributed by atoms with Crippen molar-refractivity contribution in [2.75, 3.05) is 0 Å². The Morgan fingerprint density at radius 3 is 2.78 bits per heavy atom. The molecule has 0 fully saturated rings. The molecule has 0 aliphatic carbocycles. The van der Waals surface area contributed by atoms with Crippen LogP contribution in [0.25, 0.3) is 0 Å². The number of carbonyl (C=O) groups is 1. The Labute approximate surface area is 110 Å². The summed E-state index contributed by atoms with van der Waals surface area (Å²) in [6.07, 6.45) is 0.561. The second kappa shape index (κ2) is 4.82. The standard InChI is InChI=1S/C13H13ClN2O2/c1-8-12(13(17)18)15-11(16(8)2)7-9-4-3-5-10(14)6-9/h3-6H,7H2,1-2H3,(H,17,18). The Kier molecular flexibility index (Phi) is 3.39. The summed E-state index contributed by atoms with van der Waals surface area (Å²) in [5.74, 6) is -0.285. The van der Waals surface area contributed by atoms with E-state index in [2.05, 4.69) is 4.98 Å². The molecule has 0 bridgehead atoms. The van der Waals surface area contributed by atoms with Gasteiger partial charge in [0, 0.05) is 24.2 Å². The summed E-state index contributed by atoms with van der Waals surface area (Å²) in [5.41, 5.74) is 1.77. The summed E-state index contributed by atoms with van der Waals surface area (Å²) < 4.78 is 1.80. The molecule has 0 aliphatic rings. The maximum Gasteiger partial charge on any atom is 0.356 e. The smallest absolute Gasteiger partial charge is 0.356 e. The molecule has 0 saturated heterocycles. The Hall–Kier alpha value is -1.81. The number of nitrogens with zero attached hydrogens (tertiary/aromatic N) is 2. The molecule has 0 aliphatic heterocycles. The third-order valence-electron chi connectivity index (χ3n) is 2.93. The summed E-state index contributed by atoms with van der Waals surface area (Å²) in [6.45, 7) is 1.75. The summed E-state index contributed by atoms with van der Waals surface area (Å²) in [6, 6.07) is 7.46. The molecule has 0 radical (unpaired) electrons. The molecule has 0 atom stereocenters. The van der Waals surface area contributed by atoms with Crippen LogP contribution in [0.2, 0.25) is 5.02 Å². The van der Waals surface area contributed by atoms with Crippen LogP contribution >= 0.6 is 11.6 Å². The van der Waals surface area contributed by atoms with Crippen molar-refractivity contribution in [2.45, 2.75) is 13.3 Å². The lowest BCUT2D eigenvalue weighted by Gasteiger charge is -2.03. The number of halogens is 1. The molecule has 2 rings (SSSR count). The molecule has 18 heavy (non-hydrogen) atoms. The molecule has 1 aromatic heterocycles. The number of carboxylic acid groups (broad SMARTS) is 1. The van der Waals surface area contributed by atoms with Gasteiger partial charge in [0.15, 0.2) is 5.69 Å². The zero-order valence-electron chi connectivity index (χ0n) is 10.1. The maximum absolute atomic E-state index is 11.0. The first-order valence-electron chi connectivity index (χ1n) is 5.49. The lowest BCUT2D eigenvalue weighted by Crippen LogP contribution is -2.01. The molecule has 2 aromatic rings. The lowest BCUT2D eigenvalue weighted by molar-refractivity contribution is 0.0690. The number of carboxylic acids is 1. The quantitative estimate of drug-likeness (QED) is 0.927. The van der Waals surface area contributed by atoms with E-state index in [1.165, 1.54) is 0 Å². The third kappa shape index (κ3) is 2.38. The van der Waals surface area contributed by atoms with Gasteiger partial charge in [-0.15, -0.1) is 0 Å². The van der Waals surface area contributed by atoms with Gasteiger partial charge in [-0.3, -0.25) is 0 Å². The van der Waals surface area contributed by atoms with Crippen LogP contribution in [-0.2, 0) is 13.5 Å². The number of aromatic nitrogens is 2. The minimum atomic E-state index is -1.000. The molecule has 5 heteroatoms. The first-order chi connectivity index (χ1) is 8.49. The zero-order chi connectivity index (χ0) is 13.3. The Morgan fingerprint density at radius 1 is 1.50 bits per heavy atom. The number of hydrogen-bond donors (Lipinski definition) is 1. The van der Waals surface area contributed by atoms with E-state index in [0.29, 0.717) is 23.0 Å². The number of rotatable bonds is 3. The first kappa shape index (κ1) is 12.6.